The van der Waals surface area contributed by atoms with E-state index in [4.69, 9.17) is 9.88 Å². The number of rotatable bonds is 7. The fraction of sp³-hybridized carbons (Fsp3) is 0.583. The molecule has 6 nitrogen and oxygen atoms in total. The van der Waals surface area contributed by atoms with E-state index in [1.165, 1.54) is 0 Å². The number of carbonyl (C=O) groups is 1. The molecule has 8 heteroatoms. The first-order valence-electron chi connectivity index (χ1n) is 6.30. The van der Waals surface area contributed by atoms with E-state index in [0.29, 0.717) is 37.4 Å². The van der Waals surface area contributed by atoms with Crippen molar-refractivity contribution in [1.82, 2.24) is 4.90 Å². The van der Waals surface area contributed by atoms with Crippen LogP contribution in [0.3, 0.4) is 0 Å². The number of hydrogen-bond acceptors (Lipinski definition) is 5. The van der Waals surface area contributed by atoms with E-state index in [1.807, 2.05) is 13.8 Å². The van der Waals surface area contributed by atoms with Gasteiger partial charge in [0.2, 0.25) is 10.0 Å². The second kappa shape index (κ2) is 7.16. The Labute approximate surface area is 123 Å². The van der Waals surface area contributed by atoms with Crippen LogP contribution >= 0.6 is 11.3 Å². The summed E-state index contributed by atoms with van der Waals surface area (Å²) in [4.78, 5) is 14.0. The third kappa shape index (κ3) is 4.02. The van der Waals surface area contributed by atoms with E-state index in [2.05, 4.69) is 0 Å². The Morgan fingerprint density at radius 2 is 2.10 bits per heavy atom. The van der Waals surface area contributed by atoms with Gasteiger partial charge in [0.1, 0.15) is 4.21 Å². The number of thiophene rings is 1. The molecule has 0 aliphatic heterocycles. The molecule has 0 saturated carbocycles. The fourth-order valence-electron chi connectivity index (χ4n) is 1.78. The molecular weight excluding hydrogens is 300 g/mol. The number of likely N-dealkylation sites (N-methyl/N-ethyl adjacent to an activating group) is 1. The van der Waals surface area contributed by atoms with Gasteiger partial charge in [0.25, 0.3) is 5.91 Å². The number of carbonyl (C=O) groups excluding carboxylic acids is 1. The van der Waals surface area contributed by atoms with Crippen LogP contribution in [0.2, 0.25) is 0 Å². The monoisotopic (exact) mass is 320 g/mol. The lowest BCUT2D eigenvalue weighted by Gasteiger charge is -2.20. The van der Waals surface area contributed by atoms with Crippen molar-refractivity contribution in [3.63, 3.8) is 0 Å². The average molecular weight is 320 g/mol. The molecule has 1 rings (SSSR count). The lowest BCUT2D eigenvalue weighted by molar-refractivity contribution is 0.0669. The van der Waals surface area contributed by atoms with Crippen LogP contribution in [0, 0.1) is 6.92 Å². The molecule has 0 bridgehead atoms. The van der Waals surface area contributed by atoms with Gasteiger partial charge in [0, 0.05) is 25.1 Å². The second-order valence-electron chi connectivity index (χ2n) is 4.19. The van der Waals surface area contributed by atoms with Crippen LogP contribution in [0.4, 0.5) is 0 Å². The minimum Gasteiger partial charge on any atom is -0.380 e. The second-order valence-corrected chi connectivity index (χ2v) is 6.82. The maximum atomic E-state index is 12.4. The molecule has 0 saturated heterocycles. The zero-order valence-electron chi connectivity index (χ0n) is 11.9. The van der Waals surface area contributed by atoms with E-state index in [-0.39, 0.29) is 10.1 Å². The van der Waals surface area contributed by atoms with Gasteiger partial charge in [-0.15, -0.1) is 11.3 Å². The minimum atomic E-state index is -3.78. The Hall–Kier alpha value is -0.960. The maximum Gasteiger partial charge on any atom is 0.255 e. The molecule has 0 fully saturated rings. The summed E-state index contributed by atoms with van der Waals surface area (Å²) in [6.07, 6.45) is 0. The van der Waals surface area contributed by atoms with Crippen LogP contribution in [0.1, 0.15) is 29.8 Å². The molecule has 0 atom stereocenters. The minimum absolute atomic E-state index is 0.0433. The molecule has 2 N–H and O–H groups in total. The number of sulfonamides is 1. The normalized spacial score (nSPS) is 11.6. The summed E-state index contributed by atoms with van der Waals surface area (Å²) in [5.41, 5.74) is 0.801. The summed E-state index contributed by atoms with van der Waals surface area (Å²) in [5.74, 6) is -0.198. The number of ether oxygens (including phenoxy) is 1. The third-order valence-electron chi connectivity index (χ3n) is 2.86. The molecule has 0 aromatic carbocycles. The lowest BCUT2D eigenvalue weighted by atomic mass is 10.2. The van der Waals surface area contributed by atoms with Crippen molar-refractivity contribution in [3.8, 4) is 0 Å². The molecule has 1 aromatic rings. The van der Waals surface area contributed by atoms with Crippen molar-refractivity contribution >= 4 is 27.3 Å². The van der Waals surface area contributed by atoms with Crippen LogP contribution in [0.15, 0.2) is 9.59 Å². The van der Waals surface area contributed by atoms with Gasteiger partial charge in [-0.3, -0.25) is 4.79 Å². The van der Waals surface area contributed by atoms with Gasteiger partial charge in [-0.1, -0.05) is 0 Å². The number of hydrogen-bond donors (Lipinski definition) is 1. The predicted molar refractivity (Wildman–Crippen MR) is 78.5 cm³/mol. The largest absolute Gasteiger partial charge is 0.380 e. The first-order chi connectivity index (χ1) is 9.32. The van der Waals surface area contributed by atoms with Gasteiger partial charge in [-0.2, -0.15) is 0 Å². The summed E-state index contributed by atoms with van der Waals surface area (Å²) in [6.45, 7) is 7.42. The van der Waals surface area contributed by atoms with E-state index >= 15 is 0 Å². The van der Waals surface area contributed by atoms with Crippen molar-refractivity contribution in [2.24, 2.45) is 5.14 Å². The van der Waals surface area contributed by atoms with Gasteiger partial charge in [0.05, 0.1) is 12.2 Å². The van der Waals surface area contributed by atoms with Crippen molar-refractivity contribution < 1.29 is 17.9 Å². The van der Waals surface area contributed by atoms with Gasteiger partial charge in [-0.25, -0.2) is 13.6 Å². The van der Waals surface area contributed by atoms with Gasteiger partial charge < -0.3 is 9.64 Å². The van der Waals surface area contributed by atoms with Crippen LogP contribution in [-0.4, -0.2) is 45.5 Å². The molecule has 0 radical (unpaired) electrons. The Bertz CT molecular complexity index is 566. The number of nitrogens with two attached hydrogens (primary N) is 1. The van der Waals surface area contributed by atoms with Gasteiger partial charge in [0.15, 0.2) is 0 Å². The Kier molecular flexibility index (Phi) is 6.12. The quantitative estimate of drug-likeness (QED) is 0.764. The summed E-state index contributed by atoms with van der Waals surface area (Å²) < 4.78 is 28.0. The number of primary sulfonamides is 1. The Morgan fingerprint density at radius 1 is 1.45 bits per heavy atom. The van der Waals surface area contributed by atoms with Crippen LogP contribution in [-0.2, 0) is 14.8 Å². The zero-order valence-corrected chi connectivity index (χ0v) is 13.5. The van der Waals surface area contributed by atoms with E-state index in [0.717, 1.165) is 11.3 Å². The lowest BCUT2D eigenvalue weighted by Crippen LogP contribution is -2.34. The van der Waals surface area contributed by atoms with Crippen LogP contribution in [0.25, 0.3) is 0 Å². The molecule has 1 heterocycles. The SMILES string of the molecule is CCOCCN(CC)C(=O)c1csc(S(N)(=O)=O)c1C. The van der Waals surface area contributed by atoms with Crippen molar-refractivity contribution in [2.75, 3.05) is 26.3 Å². The highest BCUT2D eigenvalue weighted by atomic mass is 32.2. The molecular formula is C12H20N2O4S2. The Morgan fingerprint density at radius 3 is 2.55 bits per heavy atom. The number of amides is 1. The molecule has 0 spiro atoms. The van der Waals surface area contributed by atoms with Crippen molar-refractivity contribution in [2.45, 2.75) is 25.0 Å². The molecule has 0 aliphatic rings. The standard InChI is InChI=1S/C12H20N2O4S2/c1-4-14(6-7-18-5-2)11(15)10-8-19-12(9(10)3)20(13,16)17/h8H,4-7H2,1-3H3,(H2,13,16,17). The molecule has 0 aliphatic carbocycles. The average Bonchev–Trinajstić information content (AvgIpc) is 2.75. The third-order valence-corrected chi connectivity index (χ3v) is 5.54. The van der Waals surface area contributed by atoms with E-state index < -0.39 is 10.0 Å². The molecule has 0 unspecified atom stereocenters. The van der Waals surface area contributed by atoms with E-state index in [1.54, 1.807) is 17.2 Å². The van der Waals surface area contributed by atoms with Gasteiger partial charge >= 0.3 is 0 Å². The van der Waals surface area contributed by atoms with Gasteiger partial charge in [-0.05, 0) is 26.3 Å². The topological polar surface area (TPSA) is 89.7 Å². The predicted octanol–water partition coefficient (Wildman–Crippen LogP) is 1.20. The first-order valence-corrected chi connectivity index (χ1v) is 8.73. The molecule has 114 valence electrons. The van der Waals surface area contributed by atoms with Crippen LogP contribution in [0.5, 0.6) is 0 Å². The first kappa shape index (κ1) is 17.1. The zero-order chi connectivity index (χ0) is 15.3. The molecule has 1 aromatic heterocycles. The summed E-state index contributed by atoms with van der Waals surface area (Å²) in [6, 6.07) is 0. The van der Waals surface area contributed by atoms with Crippen molar-refractivity contribution in [1.29, 1.82) is 0 Å². The molecule has 1 amide bonds. The van der Waals surface area contributed by atoms with Crippen LogP contribution < -0.4 is 5.14 Å². The summed E-state index contributed by atoms with van der Waals surface area (Å²) >= 11 is 0.976. The smallest absolute Gasteiger partial charge is 0.255 e. The van der Waals surface area contributed by atoms with E-state index in [9.17, 15) is 13.2 Å². The summed E-state index contributed by atoms with van der Waals surface area (Å²) in [7, 11) is -3.78. The highest BCUT2D eigenvalue weighted by molar-refractivity contribution is 7.91. The van der Waals surface area contributed by atoms with Crippen molar-refractivity contribution in [3.05, 3.63) is 16.5 Å². The fourth-order valence-corrected chi connectivity index (χ4v) is 3.79. The maximum absolute atomic E-state index is 12.4. The molecule has 20 heavy (non-hydrogen) atoms. The number of nitrogens with zero attached hydrogens (tertiary/aromatic N) is 1. The highest BCUT2D eigenvalue weighted by Crippen LogP contribution is 2.26. The summed E-state index contributed by atoms with van der Waals surface area (Å²) in [5, 5.41) is 6.66. The highest BCUT2D eigenvalue weighted by Gasteiger charge is 2.23. The Balaban J connectivity index is 2.94.